The minimum absolute atomic E-state index is 0.0261. The molecule has 2 nitrogen and oxygen atoms in total. The van der Waals surface area contributed by atoms with E-state index in [1.165, 1.54) is 0 Å². The Bertz CT molecular complexity index is 475. The molecule has 0 saturated carbocycles. The van der Waals surface area contributed by atoms with Gasteiger partial charge < -0.3 is 4.74 Å². The molecule has 2 heteroatoms. The quantitative estimate of drug-likeness (QED) is 0.727. The van der Waals surface area contributed by atoms with Crippen molar-refractivity contribution in [3.63, 3.8) is 0 Å². The second-order valence-corrected chi connectivity index (χ2v) is 3.78. The van der Waals surface area contributed by atoms with Crippen LogP contribution in [0.4, 0.5) is 0 Å². The lowest BCUT2D eigenvalue weighted by atomic mass is 10.1. The van der Waals surface area contributed by atoms with E-state index in [1.807, 2.05) is 44.2 Å². The van der Waals surface area contributed by atoms with Crippen molar-refractivity contribution in [2.24, 2.45) is 0 Å². The first-order valence-corrected chi connectivity index (χ1v) is 5.04. The second kappa shape index (κ2) is 3.81. The molecule has 2 rings (SSSR count). The lowest BCUT2D eigenvalue weighted by Crippen LogP contribution is -2.05. The first-order valence-electron chi connectivity index (χ1n) is 5.04. The number of hydrogen-bond acceptors (Lipinski definition) is 1. The summed E-state index contributed by atoms with van der Waals surface area (Å²) in [6, 6.07) is 11.2. The van der Waals surface area contributed by atoms with Crippen molar-refractivity contribution in [3.05, 3.63) is 36.4 Å². The molecule has 0 aliphatic rings. The third-order valence-corrected chi connectivity index (χ3v) is 2.21. The van der Waals surface area contributed by atoms with E-state index in [1.54, 1.807) is 6.07 Å². The topological polar surface area (TPSA) is 29.1 Å². The van der Waals surface area contributed by atoms with Crippen LogP contribution in [0.2, 0.25) is 0 Å². The van der Waals surface area contributed by atoms with Crippen molar-refractivity contribution < 1.29 is 9.84 Å². The van der Waals surface area contributed by atoms with Crippen LogP contribution in [-0.2, 0) is 5.11 Å². The van der Waals surface area contributed by atoms with E-state index in [4.69, 9.17) is 4.74 Å². The zero-order valence-corrected chi connectivity index (χ0v) is 8.86. The number of fused-ring (bicyclic) bond motifs is 1. The van der Waals surface area contributed by atoms with Gasteiger partial charge in [0.1, 0.15) is 0 Å². The fraction of sp³-hybridized carbons (Fsp3) is 0.231. The Morgan fingerprint density at radius 1 is 1.07 bits per heavy atom. The third-order valence-electron chi connectivity index (χ3n) is 2.21. The van der Waals surface area contributed by atoms with E-state index in [0.29, 0.717) is 5.75 Å². The summed E-state index contributed by atoms with van der Waals surface area (Å²) in [5, 5.41) is 13.6. The zero-order chi connectivity index (χ0) is 10.8. The summed E-state index contributed by atoms with van der Waals surface area (Å²) in [5.74, 6) is 0.408. The van der Waals surface area contributed by atoms with Crippen molar-refractivity contribution in [1.29, 1.82) is 0 Å². The van der Waals surface area contributed by atoms with Gasteiger partial charge in [-0.3, -0.25) is 5.11 Å². The molecule has 0 aromatic heterocycles. The van der Waals surface area contributed by atoms with Crippen LogP contribution in [0.1, 0.15) is 13.8 Å². The molecule has 0 bridgehead atoms. The molecule has 0 unspecified atom stereocenters. The Labute approximate surface area is 89.1 Å². The first kappa shape index (κ1) is 9.84. The van der Waals surface area contributed by atoms with Crippen LogP contribution >= 0.6 is 0 Å². The summed E-state index contributed by atoms with van der Waals surface area (Å²) < 4.78 is 5.44. The summed E-state index contributed by atoms with van der Waals surface area (Å²) in [7, 11) is 0. The van der Waals surface area contributed by atoms with E-state index >= 15 is 0 Å². The van der Waals surface area contributed by atoms with Crippen LogP contribution in [0.5, 0.6) is 11.5 Å². The molecular formula is C13H13O2. The molecule has 0 atom stereocenters. The molecule has 0 spiro atoms. The highest BCUT2D eigenvalue weighted by Gasteiger charge is 2.09. The Hall–Kier alpha value is -1.70. The molecule has 0 heterocycles. The summed E-state index contributed by atoms with van der Waals surface area (Å²) in [5.41, 5.74) is 0. The minimum atomic E-state index is -0.0261. The second-order valence-electron chi connectivity index (χ2n) is 3.78. The van der Waals surface area contributed by atoms with Crippen LogP contribution in [0.25, 0.3) is 10.8 Å². The van der Waals surface area contributed by atoms with Crippen molar-refractivity contribution in [2.75, 3.05) is 0 Å². The predicted molar refractivity (Wildman–Crippen MR) is 59.8 cm³/mol. The lowest BCUT2D eigenvalue weighted by molar-refractivity contribution is 0.223. The highest BCUT2D eigenvalue weighted by Crippen LogP contribution is 2.35. The SMILES string of the molecule is CC(C)Oc1ccc2ccccc2c1[O]. The zero-order valence-electron chi connectivity index (χ0n) is 8.86. The number of benzene rings is 2. The monoisotopic (exact) mass is 201 g/mol. The van der Waals surface area contributed by atoms with E-state index in [0.717, 1.165) is 10.8 Å². The molecule has 2 aromatic carbocycles. The summed E-state index contributed by atoms with van der Waals surface area (Å²) in [6.07, 6.45) is 0.0267. The normalized spacial score (nSPS) is 10.9. The fourth-order valence-electron chi connectivity index (χ4n) is 1.57. The molecule has 0 aliphatic carbocycles. The van der Waals surface area contributed by atoms with Crippen molar-refractivity contribution >= 4 is 10.8 Å². The van der Waals surface area contributed by atoms with E-state index in [2.05, 4.69) is 0 Å². The van der Waals surface area contributed by atoms with Crippen LogP contribution in [0.3, 0.4) is 0 Å². The number of ether oxygens (including phenoxy) is 1. The van der Waals surface area contributed by atoms with Gasteiger partial charge in [0.2, 0.25) is 5.75 Å². The Morgan fingerprint density at radius 2 is 1.80 bits per heavy atom. The molecule has 0 N–H and O–H groups in total. The van der Waals surface area contributed by atoms with Crippen molar-refractivity contribution in [1.82, 2.24) is 0 Å². The standard InChI is InChI=1S/C13H13O2/c1-9(2)15-12-8-7-10-5-3-4-6-11(10)13(12)14/h3-9H,1-2H3. The molecule has 77 valence electrons. The molecule has 15 heavy (non-hydrogen) atoms. The van der Waals surface area contributed by atoms with Gasteiger partial charge in [-0.25, -0.2) is 0 Å². The molecule has 0 amide bonds. The van der Waals surface area contributed by atoms with Gasteiger partial charge in [-0.1, -0.05) is 30.3 Å². The predicted octanol–water partition coefficient (Wildman–Crippen LogP) is 3.77. The maximum absolute atomic E-state index is 11.9. The molecule has 1 radical (unpaired) electrons. The maximum Gasteiger partial charge on any atom is 0.228 e. The van der Waals surface area contributed by atoms with Gasteiger partial charge in [-0.2, -0.15) is 0 Å². The Kier molecular flexibility index (Phi) is 2.50. The van der Waals surface area contributed by atoms with Crippen LogP contribution in [0.15, 0.2) is 36.4 Å². The van der Waals surface area contributed by atoms with Gasteiger partial charge in [0.15, 0.2) is 5.75 Å². The maximum atomic E-state index is 11.9. The van der Waals surface area contributed by atoms with Crippen molar-refractivity contribution in [2.45, 2.75) is 20.0 Å². The number of rotatable bonds is 2. The average Bonchev–Trinajstić information content (AvgIpc) is 2.22. The van der Waals surface area contributed by atoms with Crippen LogP contribution in [0, 0.1) is 0 Å². The van der Waals surface area contributed by atoms with Gasteiger partial charge in [0, 0.05) is 5.39 Å². The highest BCUT2D eigenvalue weighted by molar-refractivity contribution is 5.90. The smallest absolute Gasteiger partial charge is 0.228 e. The average molecular weight is 201 g/mol. The molecule has 0 saturated heterocycles. The molecule has 0 aliphatic heterocycles. The van der Waals surface area contributed by atoms with E-state index < -0.39 is 0 Å². The van der Waals surface area contributed by atoms with Crippen molar-refractivity contribution in [3.8, 4) is 11.5 Å². The van der Waals surface area contributed by atoms with E-state index in [9.17, 15) is 5.11 Å². The molecular weight excluding hydrogens is 188 g/mol. The summed E-state index contributed by atoms with van der Waals surface area (Å²) in [6.45, 7) is 3.82. The largest absolute Gasteiger partial charge is 0.487 e. The van der Waals surface area contributed by atoms with E-state index in [-0.39, 0.29) is 11.9 Å². The minimum Gasteiger partial charge on any atom is -0.487 e. The third kappa shape index (κ3) is 1.89. The number of hydrogen-bond donors (Lipinski definition) is 0. The Balaban J connectivity index is 2.55. The molecule has 0 fully saturated rings. The van der Waals surface area contributed by atoms with Crippen LogP contribution in [-0.4, -0.2) is 6.10 Å². The van der Waals surface area contributed by atoms with Crippen LogP contribution < -0.4 is 4.74 Å². The van der Waals surface area contributed by atoms with Gasteiger partial charge >= 0.3 is 0 Å². The van der Waals surface area contributed by atoms with Gasteiger partial charge in [-0.05, 0) is 25.3 Å². The highest BCUT2D eigenvalue weighted by atomic mass is 16.5. The van der Waals surface area contributed by atoms with Gasteiger partial charge in [0.25, 0.3) is 0 Å². The van der Waals surface area contributed by atoms with Gasteiger partial charge in [-0.15, -0.1) is 0 Å². The lowest BCUT2D eigenvalue weighted by Gasteiger charge is -2.11. The first-order chi connectivity index (χ1) is 7.18. The summed E-state index contributed by atoms with van der Waals surface area (Å²) >= 11 is 0. The molecule has 2 aromatic rings. The van der Waals surface area contributed by atoms with Gasteiger partial charge in [0.05, 0.1) is 6.10 Å². The fourth-order valence-corrected chi connectivity index (χ4v) is 1.57. The Morgan fingerprint density at radius 3 is 2.53 bits per heavy atom. The summed E-state index contributed by atoms with van der Waals surface area (Å²) in [4.78, 5) is 0.